The Kier molecular flexibility index (Phi) is 5.31. The normalized spacial score (nSPS) is 16.7. The molecule has 1 amide bonds. The number of fused-ring (bicyclic) bond motifs is 1. The van der Waals surface area contributed by atoms with Gasteiger partial charge in [0.25, 0.3) is 5.91 Å². The van der Waals surface area contributed by atoms with Crippen LogP contribution >= 0.6 is 0 Å². The molecule has 0 saturated carbocycles. The number of rotatable bonds is 4. The number of morpholine rings is 1. The average Bonchev–Trinajstić information content (AvgIpc) is 2.77. The zero-order chi connectivity index (χ0) is 20.4. The Morgan fingerprint density at radius 1 is 1.14 bits per heavy atom. The van der Waals surface area contributed by atoms with Gasteiger partial charge in [0.2, 0.25) is 0 Å². The number of hydrogen-bond donors (Lipinski definition) is 0. The molecule has 0 radical (unpaired) electrons. The molecular formula is C22H21FN2O4. The number of hydrogen-bond acceptors (Lipinski definition) is 5. The van der Waals surface area contributed by atoms with Crippen LogP contribution in [0.3, 0.4) is 0 Å². The van der Waals surface area contributed by atoms with Crippen molar-refractivity contribution >= 4 is 16.7 Å². The number of benzene rings is 2. The fourth-order valence-corrected chi connectivity index (χ4v) is 3.46. The van der Waals surface area contributed by atoms with Gasteiger partial charge in [0.15, 0.2) is 0 Å². The van der Waals surface area contributed by atoms with Gasteiger partial charge >= 0.3 is 0 Å². The largest absolute Gasteiger partial charge is 0.497 e. The first-order valence-electron chi connectivity index (χ1n) is 9.27. The van der Waals surface area contributed by atoms with Crippen LogP contribution in [0.5, 0.6) is 11.5 Å². The SMILES string of the molecule is COc1ccc(C(=O)N2CCO[C@H](c3cc4cc(F)ccc4cn3)C2)c(OC)c1. The zero-order valence-corrected chi connectivity index (χ0v) is 16.2. The Morgan fingerprint density at radius 2 is 2.00 bits per heavy atom. The minimum atomic E-state index is -0.385. The standard InChI is InChI=1S/C22H21FN2O4/c1-27-17-5-6-18(20(11-17)28-2)22(26)25-7-8-29-21(13-25)19-10-15-9-16(23)4-3-14(15)12-24-19/h3-6,9-12,21H,7-8,13H2,1-2H3/t21-/m0/s1. The van der Waals surface area contributed by atoms with Crippen LogP contribution in [0.25, 0.3) is 10.8 Å². The second kappa shape index (κ2) is 8.05. The number of pyridine rings is 1. The monoisotopic (exact) mass is 396 g/mol. The molecule has 1 saturated heterocycles. The predicted molar refractivity (Wildman–Crippen MR) is 106 cm³/mol. The molecule has 0 N–H and O–H groups in total. The summed E-state index contributed by atoms with van der Waals surface area (Å²) < 4.78 is 30.0. The van der Waals surface area contributed by atoms with Gasteiger partial charge < -0.3 is 19.1 Å². The number of carbonyl (C=O) groups excluding carboxylic acids is 1. The fraction of sp³-hybridized carbons (Fsp3) is 0.273. The van der Waals surface area contributed by atoms with Crippen molar-refractivity contribution in [2.24, 2.45) is 0 Å². The van der Waals surface area contributed by atoms with Gasteiger partial charge in [-0.25, -0.2) is 4.39 Å². The third-order valence-corrected chi connectivity index (χ3v) is 5.03. The minimum Gasteiger partial charge on any atom is -0.497 e. The van der Waals surface area contributed by atoms with Gasteiger partial charge in [0, 0.05) is 24.2 Å². The maximum Gasteiger partial charge on any atom is 0.257 e. The maximum atomic E-state index is 13.6. The summed E-state index contributed by atoms with van der Waals surface area (Å²) >= 11 is 0. The lowest BCUT2D eigenvalue weighted by Crippen LogP contribution is -2.42. The molecule has 1 aliphatic heterocycles. The van der Waals surface area contributed by atoms with E-state index in [1.54, 1.807) is 42.5 Å². The molecule has 2 aromatic carbocycles. The van der Waals surface area contributed by atoms with Crippen LogP contribution in [-0.4, -0.2) is 49.7 Å². The molecule has 0 spiro atoms. The van der Waals surface area contributed by atoms with E-state index in [0.717, 1.165) is 10.8 Å². The minimum absolute atomic E-state index is 0.148. The third-order valence-electron chi connectivity index (χ3n) is 5.03. The van der Waals surface area contributed by atoms with E-state index in [4.69, 9.17) is 14.2 Å². The fourth-order valence-electron chi connectivity index (χ4n) is 3.46. The van der Waals surface area contributed by atoms with Crippen molar-refractivity contribution in [3.05, 3.63) is 65.7 Å². The van der Waals surface area contributed by atoms with Crippen molar-refractivity contribution < 1.29 is 23.4 Å². The molecule has 0 unspecified atom stereocenters. The Morgan fingerprint density at radius 3 is 2.79 bits per heavy atom. The highest BCUT2D eigenvalue weighted by atomic mass is 19.1. The average molecular weight is 396 g/mol. The number of carbonyl (C=O) groups is 1. The van der Waals surface area contributed by atoms with Crippen LogP contribution in [0.4, 0.5) is 4.39 Å². The summed E-state index contributed by atoms with van der Waals surface area (Å²) in [5, 5.41) is 1.60. The number of methoxy groups -OCH3 is 2. The van der Waals surface area contributed by atoms with Crippen LogP contribution in [0.1, 0.15) is 22.2 Å². The molecule has 1 fully saturated rings. The van der Waals surface area contributed by atoms with E-state index >= 15 is 0 Å². The highest BCUT2D eigenvalue weighted by Crippen LogP contribution is 2.29. The van der Waals surface area contributed by atoms with Crippen molar-refractivity contribution in [2.75, 3.05) is 33.9 Å². The Bertz CT molecular complexity index is 1060. The van der Waals surface area contributed by atoms with Crippen molar-refractivity contribution in [3.8, 4) is 11.5 Å². The molecule has 3 aromatic rings. The lowest BCUT2D eigenvalue weighted by molar-refractivity contribution is -0.0247. The van der Waals surface area contributed by atoms with E-state index in [0.29, 0.717) is 42.5 Å². The van der Waals surface area contributed by atoms with Crippen LogP contribution in [0.15, 0.2) is 48.7 Å². The predicted octanol–water partition coefficient (Wildman–Crippen LogP) is 3.60. The molecule has 0 bridgehead atoms. The van der Waals surface area contributed by atoms with Crippen LogP contribution < -0.4 is 9.47 Å². The van der Waals surface area contributed by atoms with Gasteiger partial charge in [-0.2, -0.15) is 0 Å². The van der Waals surface area contributed by atoms with Crippen molar-refractivity contribution in [3.63, 3.8) is 0 Å². The molecule has 0 aliphatic carbocycles. The molecule has 29 heavy (non-hydrogen) atoms. The molecule has 1 aliphatic rings. The quantitative estimate of drug-likeness (QED) is 0.674. The molecule has 150 valence electrons. The first-order valence-corrected chi connectivity index (χ1v) is 9.27. The number of nitrogens with zero attached hydrogens (tertiary/aromatic N) is 2. The zero-order valence-electron chi connectivity index (χ0n) is 16.2. The summed E-state index contributed by atoms with van der Waals surface area (Å²) in [4.78, 5) is 19.3. The van der Waals surface area contributed by atoms with E-state index in [1.165, 1.54) is 19.2 Å². The van der Waals surface area contributed by atoms with Gasteiger partial charge in [0.05, 0.1) is 38.6 Å². The van der Waals surface area contributed by atoms with Crippen molar-refractivity contribution in [1.82, 2.24) is 9.88 Å². The van der Waals surface area contributed by atoms with E-state index in [9.17, 15) is 9.18 Å². The molecule has 1 aromatic heterocycles. The van der Waals surface area contributed by atoms with E-state index in [1.807, 2.05) is 6.07 Å². The van der Waals surface area contributed by atoms with Gasteiger partial charge in [0.1, 0.15) is 23.4 Å². The molecule has 6 nitrogen and oxygen atoms in total. The van der Waals surface area contributed by atoms with Crippen LogP contribution in [0, 0.1) is 5.82 Å². The van der Waals surface area contributed by atoms with Gasteiger partial charge in [-0.05, 0) is 41.8 Å². The molecule has 4 rings (SSSR count). The number of amides is 1. The molecule has 1 atom stereocenters. The second-order valence-electron chi connectivity index (χ2n) is 6.78. The third kappa shape index (κ3) is 3.86. The first-order chi connectivity index (χ1) is 14.1. The highest BCUT2D eigenvalue weighted by Gasteiger charge is 2.28. The van der Waals surface area contributed by atoms with E-state index in [-0.39, 0.29) is 17.8 Å². The van der Waals surface area contributed by atoms with Crippen LogP contribution in [0.2, 0.25) is 0 Å². The Hall–Kier alpha value is -3.19. The molecule has 2 heterocycles. The smallest absolute Gasteiger partial charge is 0.257 e. The summed E-state index contributed by atoms with van der Waals surface area (Å²) in [5.41, 5.74) is 1.13. The summed E-state index contributed by atoms with van der Waals surface area (Å²) in [6, 6.07) is 11.5. The van der Waals surface area contributed by atoms with Gasteiger partial charge in [-0.15, -0.1) is 0 Å². The van der Waals surface area contributed by atoms with E-state index in [2.05, 4.69) is 4.98 Å². The van der Waals surface area contributed by atoms with Crippen LogP contribution in [-0.2, 0) is 4.74 Å². The summed E-state index contributed by atoms with van der Waals surface area (Å²) in [5.74, 6) is 0.620. The summed E-state index contributed by atoms with van der Waals surface area (Å²) in [6.45, 7) is 1.20. The number of halogens is 1. The number of ether oxygens (including phenoxy) is 3. The Labute approximate surface area is 167 Å². The number of aromatic nitrogens is 1. The summed E-state index contributed by atoms with van der Waals surface area (Å²) in [7, 11) is 3.08. The first kappa shape index (κ1) is 19.1. The van der Waals surface area contributed by atoms with Crippen molar-refractivity contribution in [2.45, 2.75) is 6.10 Å². The maximum absolute atomic E-state index is 13.6. The van der Waals surface area contributed by atoms with Gasteiger partial charge in [-0.1, -0.05) is 0 Å². The Balaban J connectivity index is 1.57. The lowest BCUT2D eigenvalue weighted by Gasteiger charge is -2.33. The van der Waals surface area contributed by atoms with E-state index < -0.39 is 0 Å². The van der Waals surface area contributed by atoms with Gasteiger partial charge in [-0.3, -0.25) is 9.78 Å². The topological polar surface area (TPSA) is 60.9 Å². The molecule has 7 heteroatoms. The summed E-state index contributed by atoms with van der Waals surface area (Å²) in [6.07, 6.45) is 1.31. The highest BCUT2D eigenvalue weighted by molar-refractivity contribution is 5.97. The second-order valence-corrected chi connectivity index (χ2v) is 6.78. The lowest BCUT2D eigenvalue weighted by atomic mass is 10.1. The van der Waals surface area contributed by atoms with Crippen molar-refractivity contribution in [1.29, 1.82) is 0 Å². The molecular weight excluding hydrogens is 375 g/mol.